The minimum atomic E-state index is -1.27. The van der Waals surface area contributed by atoms with Crippen molar-refractivity contribution in [3.8, 4) is 6.07 Å². The monoisotopic (exact) mass is 408 g/mol. The van der Waals surface area contributed by atoms with Crippen LogP contribution in [0.15, 0.2) is 34.9 Å². The molecule has 0 radical (unpaired) electrons. The Bertz CT molecular complexity index is 833. The number of amides is 1. The summed E-state index contributed by atoms with van der Waals surface area (Å²) >= 11 is 7.22. The molecule has 1 N–H and O–H groups in total. The van der Waals surface area contributed by atoms with E-state index in [9.17, 15) is 19.6 Å². The fraction of sp³-hybridized carbons (Fsp3) is 0.333. The van der Waals surface area contributed by atoms with Crippen molar-refractivity contribution in [2.24, 2.45) is 5.92 Å². The molecule has 7 nitrogen and oxygen atoms in total. The largest absolute Gasteiger partial charge is 0.468 e. The van der Waals surface area contributed by atoms with Crippen LogP contribution in [0.4, 0.5) is 0 Å². The first-order chi connectivity index (χ1) is 12.9. The van der Waals surface area contributed by atoms with E-state index in [1.165, 1.54) is 7.11 Å². The number of thioether (sulfide) groups is 1. The number of nitriles is 1. The van der Waals surface area contributed by atoms with E-state index in [1.807, 2.05) is 6.07 Å². The lowest BCUT2D eigenvalue weighted by Gasteiger charge is -2.31. The molecule has 0 aliphatic carbocycles. The molecule has 2 rings (SSSR count). The maximum atomic E-state index is 12.6. The molecule has 9 heteroatoms. The van der Waals surface area contributed by atoms with Crippen molar-refractivity contribution in [1.82, 2.24) is 5.32 Å². The minimum Gasteiger partial charge on any atom is -0.468 e. The van der Waals surface area contributed by atoms with Gasteiger partial charge in [-0.2, -0.15) is 5.26 Å². The van der Waals surface area contributed by atoms with Gasteiger partial charge in [-0.05, 0) is 18.6 Å². The number of nitrogens with one attached hydrogen (secondary N) is 1. The van der Waals surface area contributed by atoms with E-state index in [2.05, 4.69) is 5.32 Å². The van der Waals surface area contributed by atoms with Crippen LogP contribution in [0.3, 0.4) is 0 Å². The second-order valence-electron chi connectivity index (χ2n) is 5.44. The van der Waals surface area contributed by atoms with Gasteiger partial charge in [0.1, 0.15) is 5.92 Å². The Labute approximate surface area is 165 Å². The van der Waals surface area contributed by atoms with E-state index in [4.69, 9.17) is 21.1 Å². The third-order valence-corrected chi connectivity index (χ3v) is 5.20. The van der Waals surface area contributed by atoms with Crippen LogP contribution in [-0.4, -0.2) is 37.3 Å². The van der Waals surface area contributed by atoms with Gasteiger partial charge >= 0.3 is 11.9 Å². The number of ether oxygens (including phenoxy) is 2. The Hall–Kier alpha value is -2.50. The van der Waals surface area contributed by atoms with Gasteiger partial charge in [-0.25, -0.2) is 0 Å². The van der Waals surface area contributed by atoms with Crippen molar-refractivity contribution in [2.75, 3.05) is 19.5 Å². The average molecular weight is 409 g/mol. The van der Waals surface area contributed by atoms with E-state index >= 15 is 0 Å². The molecule has 0 bridgehead atoms. The lowest BCUT2D eigenvalue weighted by atomic mass is 9.78. The molecular formula is C18H17ClN2O5S. The highest BCUT2D eigenvalue weighted by atomic mass is 35.5. The third-order valence-electron chi connectivity index (χ3n) is 3.86. The van der Waals surface area contributed by atoms with Crippen LogP contribution in [0.2, 0.25) is 5.02 Å². The number of nitrogens with zero attached hydrogens (tertiary/aromatic N) is 1. The zero-order valence-electron chi connectivity index (χ0n) is 14.7. The summed E-state index contributed by atoms with van der Waals surface area (Å²) in [7, 11) is 1.17. The summed E-state index contributed by atoms with van der Waals surface area (Å²) in [5.41, 5.74) is 0.586. The summed E-state index contributed by atoms with van der Waals surface area (Å²) in [5.74, 6) is -4.17. The van der Waals surface area contributed by atoms with Gasteiger partial charge in [0.25, 0.3) is 0 Å². The van der Waals surface area contributed by atoms with Crippen LogP contribution < -0.4 is 5.32 Å². The van der Waals surface area contributed by atoms with Crippen LogP contribution in [-0.2, 0) is 23.9 Å². The molecule has 1 amide bonds. The van der Waals surface area contributed by atoms with Crippen molar-refractivity contribution >= 4 is 41.2 Å². The van der Waals surface area contributed by atoms with Crippen LogP contribution in [0.5, 0.6) is 0 Å². The number of methoxy groups -OCH3 is 1. The molecule has 0 aromatic heterocycles. The molecule has 0 spiro atoms. The van der Waals surface area contributed by atoms with Gasteiger partial charge in [-0.15, -0.1) is 0 Å². The fourth-order valence-electron chi connectivity index (χ4n) is 2.72. The van der Waals surface area contributed by atoms with Crippen LogP contribution in [0, 0.1) is 17.2 Å². The first kappa shape index (κ1) is 20.8. The normalized spacial score (nSPS) is 19.1. The van der Waals surface area contributed by atoms with Gasteiger partial charge in [0, 0.05) is 10.9 Å². The molecule has 0 fully saturated rings. The number of allylic oxidation sites excluding steroid dienone is 1. The van der Waals surface area contributed by atoms with Crippen molar-refractivity contribution < 1.29 is 23.9 Å². The predicted octanol–water partition coefficient (Wildman–Crippen LogP) is 2.37. The lowest BCUT2D eigenvalue weighted by Crippen LogP contribution is -2.44. The molecule has 27 heavy (non-hydrogen) atoms. The van der Waals surface area contributed by atoms with Gasteiger partial charge in [0.15, 0.2) is 0 Å². The highest BCUT2D eigenvalue weighted by molar-refractivity contribution is 8.03. The average Bonchev–Trinajstić information content (AvgIpc) is 2.66. The number of hydrogen-bond donors (Lipinski definition) is 1. The maximum Gasteiger partial charge on any atom is 0.319 e. The quantitative estimate of drug-likeness (QED) is 0.569. The van der Waals surface area contributed by atoms with E-state index in [-0.39, 0.29) is 23.0 Å². The maximum absolute atomic E-state index is 12.6. The third kappa shape index (κ3) is 4.62. The van der Waals surface area contributed by atoms with E-state index in [1.54, 1.807) is 31.2 Å². The fourth-order valence-corrected chi connectivity index (χ4v) is 3.82. The van der Waals surface area contributed by atoms with Gasteiger partial charge < -0.3 is 14.8 Å². The Morgan fingerprint density at radius 2 is 2.07 bits per heavy atom. The van der Waals surface area contributed by atoms with Crippen molar-refractivity contribution in [3.05, 3.63) is 45.5 Å². The molecule has 1 aliphatic rings. The van der Waals surface area contributed by atoms with Crippen LogP contribution >= 0.6 is 23.4 Å². The van der Waals surface area contributed by atoms with E-state index in [0.29, 0.717) is 10.6 Å². The molecule has 2 atom stereocenters. The molecule has 0 unspecified atom stereocenters. The highest BCUT2D eigenvalue weighted by Crippen LogP contribution is 2.42. The molecule has 1 aromatic rings. The smallest absolute Gasteiger partial charge is 0.319 e. The SMILES string of the molecule is CCOC(=O)CSC1=C(C#N)[C@@H](c2ccccc2Cl)[C@@H](C(=O)OC)C(=O)N1. The predicted molar refractivity (Wildman–Crippen MR) is 99.6 cm³/mol. The number of benzene rings is 1. The zero-order chi connectivity index (χ0) is 20.0. The second-order valence-corrected chi connectivity index (χ2v) is 6.83. The Morgan fingerprint density at radius 3 is 2.67 bits per heavy atom. The number of halogens is 1. The minimum absolute atomic E-state index is 0.0905. The molecule has 142 valence electrons. The molecule has 1 aromatic carbocycles. The van der Waals surface area contributed by atoms with Crippen molar-refractivity contribution in [1.29, 1.82) is 5.26 Å². The molecule has 0 saturated carbocycles. The number of carbonyl (C=O) groups is 3. The summed E-state index contributed by atoms with van der Waals surface area (Å²) in [4.78, 5) is 36.5. The Morgan fingerprint density at radius 1 is 1.37 bits per heavy atom. The number of carbonyl (C=O) groups excluding carboxylic acids is 3. The molecule has 1 aliphatic heterocycles. The summed E-state index contributed by atoms with van der Waals surface area (Å²) in [5, 5.41) is 12.8. The topological polar surface area (TPSA) is 105 Å². The second kappa shape index (κ2) is 9.44. The van der Waals surface area contributed by atoms with Gasteiger partial charge in [-0.1, -0.05) is 41.6 Å². The number of hydrogen-bond acceptors (Lipinski definition) is 7. The van der Waals surface area contributed by atoms with Crippen LogP contribution in [0.25, 0.3) is 0 Å². The van der Waals surface area contributed by atoms with Crippen molar-refractivity contribution in [2.45, 2.75) is 12.8 Å². The summed E-state index contributed by atoms with van der Waals surface area (Å²) < 4.78 is 9.62. The summed E-state index contributed by atoms with van der Waals surface area (Å²) in [6, 6.07) is 8.69. The van der Waals surface area contributed by atoms with E-state index in [0.717, 1.165) is 11.8 Å². The van der Waals surface area contributed by atoms with Crippen LogP contribution in [0.1, 0.15) is 18.4 Å². The van der Waals surface area contributed by atoms with Gasteiger partial charge in [-0.3, -0.25) is 14.4 Å². The highest BCUT2D eigenvalue weighted by Gasteiger charge is 2.45. The first-order valence-corrected chi connectivity index (χ1v) is 9.36. The Balaban J connectivity index is 2.52. The molecular weight excluding hydrogens is 392 g/mol. The lowest BCUT2D eigenvalue weighted by molar-refractivity contribution is -0.150. The number of rotatable bonds is 6. The molecule has 1 heterocycles. The number of esters is 2. The van der Waals surface area contributed by atoms with E-state index < -0.39 is 29.7 Å². The summed E-state index contributed by atoms with van der Waals surface area (Å²) in [6.45, 7) is 1.90. The van der Waals surface area contributed by atoms with Gasteiger partial charge in [0.2, 0.25) is 5.91 Å². The standard InChI is InChI=1S/C18H17ClN2O5S/c1-3-26-13(22)9-27-17-11(8-20)14(10-6-4-5-7-12(10)19)15(16(23)21-17)18(24)25-2/h4-7,14-15H,3,9H2,1-2H3,(H,21,23)/t14-,15-/m1/s1. The Kier molecular flexibility index (Phi) is 7.28. The first-order valence-electron chi connectivity index (χ1n) is 8.00. The van der Waals surface area contributed by atoms with Crippen molar-refractivity contribution in [3.63, 3.8) is 0 Å². The summed E-state index contributed by atoms with van der Waals surface area (Å²) in [6.07, 6.45) is 0. The molecule has 0 saturated heterocycles. The van der Waals surface area contributed by atoms with Gasteiger partial charge in [0.05, 0.1) is 36.1 Å². The zero-order valence-corrected chi connectivity index (χ0v) is 16.2.